The second-order valence-corrected chi connectivity index (χ2v) is 8.39. The fourth-order valence-corrected chi connectivity index (χ4v) is 4.96. The Labute approximate surface area is 167 Å². The number of amides is 2. The van der Waals surface area contributed by atoms with Crippen molar-refractivity contribution in [2.24, 2.45) is 5.73 Å². The van der Waals surface area contributed by atoms with Crippen LogP contribution in [0.4, 0.5) is 0 Å². The molecular weight excluding hydrogens is 372 g/mol. The van der Waals surface area contributed by atoms with E-state index in [2.05, 4.69) is 16.0 Å². The van der Waals surface area contributed by atoms with Gasteiger partial charge in [0.2, 0.25) is 5.91 Å². The van der Waals surface area contributed by atoms with Crippen LogP contribution in [0.1, 0.15) is 52.7 Å². The number of likely N-dealkylation sites (tertiary alicyclic amines) is 1. The van der Waals surface area contributed by atoms with Crippen LogP contribution < -0.4 is 5.73 Å². The van der Waals surface area contributed by atoms with E-state index in [1.54, 1.807) is 23.6 Å². The van der Waals surface area contributed by atoms with E-state index in [1.807, 2.05) is 23.1 Å². The average Bonchev–Trinajstić information content (AvgIpc) is 3.35. The molecule has 7 heteroatoms. The lowest BCUT2D eigenvalue weighted by Crippen LogP contribution is -2.39. The summed E-state index contributed by atoms with van der Waals surface area (Å²) >= 11 is 1.70. The maximum absolute atomic E-state index is 12.7. The van der Waals surface area contributed by atoms with Crippen molar-refractivity contribution in [2.45, 2.75) is 38.0 Å². The molecule has 6 nitrogen and oxygen atoms in total. The monoisotopic (exact) mass is 396 g/mol. The van der Waals surface area contributed by atoms with E-state index in [1.165, 1.54) is 4.70 Å². The zero-order chi connectivity index (χ0) is 19.5. The van der Waals surface area contributed by atoms with Gasteiger partial charge in [-0.25, -0.2) is 4.98 Å². The van der Waals surface area contributed by atoms with Gasteiger partial charge in [0.05, 0.1) is 20.8 Å². The number of nitrogens with zero attached hydrogens (tertiary/aromatic N) is 2. The van der Waals surface area contributed by atoms with Crippen molar-refractivity contribution >= 4 is 33.4 Å². The van der Waals surface area contributed by atoms with E-state index < -0.39 is 5.91 Å². The number of hydrogen-bond acceptors (Lipinski definition) is 4. The highest BCUT2D eigenvalue weighted by atomic mass is 32.1. The van der Waals surface area contributed by atoms with Crippen LogP contribution in [0.25, 0.3) is 10.2 Å². The number of hydrogen-bond donors (Lipinski definition) is 2. The van der Waals surface area contributed by atoms with E-state index in [0.717, 1.165) is 48.4 Å². The molecule has 1 aliphatic rings. The SMILES string of the molecule is NC(=O)c1cc[nH]c1C1CCCN(C(=O)CCCc2nc3ccccc3s2)C1. The van der Waals surface area contributed by atoms with E-state index in [-0.39, 0.29) is 11.8 Å². The van der Waals surface area contributed by atoms with Gasteiger partial charge in [-0.3, -0.25) is 9.59 Å². The number of thiazole rings is 1. The molecule has 1 aromatic carbocycles. The van der Waals surface area contributed by atoms with Crippen LogP contribution in [0.5, 0.6) is 0 Å². The van der Waals surface area contributed by atoms with Crippen molar-refractivity contribution < 1.29 is 9.59 Å². The van der Waals surface area contributed by atoms with Gasteiger partial charge in [0.15, 0.2) is 0 Å². The summed E-state index contributed by atoms with van der Waals surface area (Å²) in [7, 11) is 0. The third-order valence-electron chi connectivity index (χ3n) is 5.35. The first kappa shape index (κ1) is 18.7. The van der Waals surface area contributed by atoms with Crippen LogP contribution in [0, 0.1) is 0 Å². The van der Waals surface area contributed by atoms with Gasteiger partial charge in [-0.2, -0.15) is 0 Å². The number of para-hydroxylation sites is 1. The Hall–Kier alpha value is -2.67. The van der Waals surface area contributed by atoms with Crippen LogP contribution >= 0.6 is 11.3 Å². The average molecular weight is 397 g/mol. The number of nitrogens with one attached hydrogen (secondary N) is 1. The van der Waals surface area contributed by atoms with E-state index in [4.69, 9.17) is 5.73 Å². The molecule has 28 heavy (non-hydrogen) atoms. The van der Waals surface area contributed by atoms with Crippen molar-refractivity contribution in [3.8, 4) is 0 Å². The number of carbonyl (C=O) groups excluding carboxylic acids is 2. The topological polar surface area (TPSA) is 92.1 Å². The van der Waals surface area contributed by atoms with E-state index >= 15 is 0 Å². The molecule has 1 unspecified atom stereocenters. The molecule has 2 amide bonds. The molecule has 0 aliphatic carbocycles. The predicted molar refractivity (Wildman–Crippen MR) is 110 cm³/mol. The number of carbonyl (C=O) groups is 2. The highest BCUT2D eigenvalue weighted by molar-refractivity contribution is 7.18. The Morgan fingerprint density at radius 1 is 1.29 bits per heavy atom. The molecule has 146 valence electrons. The summed E-state index contributed by atoms with van der Waals surface area (Å²) in [6.07, 6.45) is 5.78. The van der Waals surface area contributed by atoms with Gasteiger partial charge in [0.1, 0.15) is 0 Å². The van der Waals surface area contributed by atoms with Gasteiger partial charge in [-0.15, -0.1) is 11.3 Å². The zero-order valence-corrected chi connectivity index (χ0v) is 16.5. The quantitative estimate of drug-likeness (QED) is 0.668. The number of aromatic nitrogens is 2. The standard InChI is InChI=1S/C21H24N4O2S/c22-21(27)15-10-11-23-20(15)14-5-4-12-25(13-14)19(26)9-3-8-18-24-16-6-1-2-7-17(16)28-18/h1-2,6-7,10-11,14,23H,3-5,8-9,12-13H2,(H2,22,27). The summed E-state index contributed by atoms with van der Waals surface area (Å²) < 4.78 is 1.19. The van der Waals surface area contributed by atoms with Gasteiger partial charge in [0.25, 0.3) is 5.91 Å². The third kappa shape index (κ3) is 3.94. The van der Waals surface area contributed by atoms with Crippen molar-refractivity contribution in [1.82, 2.24) is 14.9 Å². The number of aryl methyl sites for hydroxylation is 1. The number of piperidine rings is 1. The van der Waals surface area contributed by atoms with E-state index in [0.29, 0.717) is 18.5 Å². The number of primary amides is 1. The Morgan fingerprint density at radius 2 is 2.14 bits per heavy atom. The number of fused-ring (bicyclic) bond motifs is 1. The van der Waals surface area contributed by atoms with Crippen molar-refractivity contribution in [3.63, 3.8) is 0 Å². The number of nitrogens with two attached hydrogens (primary N) is 1. The molecule has 4 rings (SSSR count). The maximum Gasteiger partial charge on any atom is 0.250 e. The molecule has 1 atom stereocenters. The van der Waals surface area contributed by atoms with Crippen molar-refractivity contribution in [3.05, 3.63) is 52.8 Å². The summed E-state index contributed by atoms with van der Waals surface area (Å²) in [6, 6.07) is 9.84. The Bertz CT molecular complexity index is 960. The van der Waals surface area contributed by atoms with Gasteiger partial charge in [-0.1, -0.05) is 12.1 Å². The molecular formula is C21H24N4O2S. The fourth-order valence-electron chi connectivity index (χ4n) is 3.95. The van der Waals surface area contributed by atoms with Crippen LogP contribution in [-0.4, -0.2) is 39.8 Å². The molecule has 2 aromatic heterocycles. The predicted octanol–water partition coefficient (Wildman–Crippen LogP) is 3.45. The van der Waals surface area contributed by atoms with Crippen LogP contribution in [0.3, 0.4) is 0 Å². The molecule has 0 bridgehead atoms. The largest absolute Gasteiger partial charge is 0.366 e. The lowest BCUT2D eigenvalue weighted by atomic mass is 9.92. The Kier molecular flexibility index (Phi) is 5.43. The molecule has 0 spiro atoms. The van der Waals surface area contributed by atoms with Gasteiger partial charge in [0, 0.05) is 37.3 Å². The van der Waals surface area contributed by atoms with Crippen LogP contribution in [0.2, 0.25) is 0 Å². The van der Waals surface area contributed by atoms with Crippen LogP contribution in [-0.2, 0) is 11.2 Å². The van der Waals surface area contributed by atoms with E-state index in [9.17, 15) is 9.59 Å². The minimum atomic E-state index is -0.421. The fraction of sp³-hybridized carbons (Fsp3) is 0.381. The molecule has 1 saturated heterocycles. The normalized spacial score (nSPS) is 17.1. The first-order valence-electron chi connectivity index (χ1n) is 9.71. The van der Waals surface area contributed by atoms with Crippen molar-refractivity contribution in [1.29, 1.82) is 0 Å². The number of aromatic amines is 1. The summed E-state index contributed by atoms with van der Waals surface area (Å²) in [5, 5.41) is 1.09. The molecule has 3 aromatic rings. The number of H-pyrrole nitrogens is 1. The summed E-state index contributed by atoms with van der Waals surface area (Å²) in [5.74, 6) is -0.104. The number of benzene rings is 1. The van der Waals surface area contributed by atoms with Crippen LogP contribution in [0.15, 0.2) is 36.5 Å². The number of rotatable bonds is 6. The molecule has 0 radical (unpaired) electrons. The lowest BCUT2D eigenvalue weighted by molar-refractivity contribution is -0.132. The Morgan fingerprint density at radius 3 is 2.96 bits per heavy atom. The zero-order valence-electron chi connectivity index (χ0n) is 15.7. The van der Waals surface area contributed by atoms with Gasteiger partial charge < -0.3 is 15.6 Å². The molecule has 3 heterocycles. The minimum absolute atomic E-state index is 0.138. The maximum atomic E-state index is 12.7. The van der Waals surface area contributed by atoms with Gasteiger partial charge in [-0.05, 0) is 43.9 Å². The molecule has 1 fully saturated rings. The first-order chi connectivity index (χ1) is 13.6. The van der Waals surface area contributed by atoms with Gasteiger partial charge >= 0.3 is 0 Å². The molecule has 0 saturated carbocycles. The second kappa shape index (κ2) is 8.14. The summed E-state index contributed by atoms with van der Waals surface area (Å²) in [6.45, 7) is 1.42. The summed E-state index contributed by atoms with van der Waals surface area (Å²) in [5.41, 5.74) is 7.89. The molecule has 1 aliphatic heterocycles. The van der Waals surface area contributed by atoms with Crippen molar-refractivity contribution in [2.75, 3.05) is 13.1 Å². The smallest absolute Gasteiger partial charge is 0.250 e. The second-order valence-electron chi connectivity index (χ2n) is 7.28. The third-order valence-corrected chi connectivity index (χ3v) is 6.44. The summed E-state index contributed by atoms with van der Waals surface area (Å²) in [4.78, 5) is 34.0. The first-order valence-corrected chi connectivity index (χ1v) is 10.5. The molecule has 3 N–H and O–H groups in total. The Balaban J connectivity index is 1.32. The highest BCUT2D eigenvalue weighted by Crippen LogP contribution is 2.29. The lowest BCUT2D eigenvalue weighted by Gasteiger charge is -2.33. The minimum Gasteiger partial charge on any atom is -0.366 e. The highest BCUT2D eigenvalue weighted by Gasteiger charge is 2.27.